The van der Waals surface area contributed by atoms with E-state index in [1.54, 1.807) is 11.1 Å². The fourth-order valence-corrected chi connectivity index (χ4v) is 3.98. The van der Waals surface area contributed by atoms with Gasteiger partial charge in [0, 0.05) is 24.7 Å². The molecule has 0 radical (unpaired) electrons. The molecular formula is C26H31N5O2. The Morgan fingerprint density at radius 3 is 2.33 bits per heavy atom. The van der Waals surface area contributed by atoms with Crippen LogP contribution < -0.4 is 10.6 Å². The number of amides is 3. The van der Waals surface area contributed by atoms with Crippen molar-refractivity contribution in [2.24, 2.45) is 0 Å². The molecule has 172 valence electrons. The third kappa shape index (κ3) is 5.08. The van der Waals surface area contributed by atoms with Gasteiger partial charge in [-0.3, -0.25) is 4.79 Å². The Hall–Kier alpha value is -3.61. The van der Waals surface area contributed by atoms with E-state index in [0.717, 1.165) is 35.5 Å². The second-order valence-electron chi connectivity index (χ2n) is 8.38. The predicted molar refractivity (Wildman–Crippen MR) is 130 cm³/mol. The lowest BCUT2D eigenvalue weighted by Crippen LogP contribution is -2.34. The third-order valence-corrected chi connectivity index (χ3v) is 6.08. The molecule has 0 saturated heterocycles. The van der Waals surface area contributed by atoms with E-state index in [1.165, 1.54) is 0 Å². The largest absolute Gasteiger partial charge is 0.345 e. The molecule has 0 aliphatic heterocycles. The number of benzene rings is 2. The molecule has 1 aromatic heterocycles. The Bertz CT molecular complexity index is 1100. The number of rotatable bonds is 8. The van der Waals surface area contributed by atoms with Crippen LogP contribution >= 0.6 is 0 Å². The number of urea groups is 1. The maximum Gasteiger partial charge on any atom is 0.321 e. The van der Waals surface area contributed by atoms with Crippen LogP contribution in [0.1, 0.15) is 67.2 Å². The number of hydrogen-bond donors (Lipinski definition) is 2. The fraction of sp³-hybridized carbons (Fsp3) is 0.346. The zero-order valence-electron chi connectivity index (χ0n) is 19.4. The monoisotopic (exact) mass is 445 g/mol. The van der Waals surface area contributed by atoms with Crippen LogP contribution in [0.25, 0.3) is 5.69 Å². The highest BCUT2D eigenvalue weighted by Gasteiger charge is 2.33. The van der Waals surface area contributed by atoms with Gasteiger partial charge >= 0.3 is 6.03 Å². The van der Waals surface area contributed by atoms with Crippen LogP contribution in [0.2, 0.25) is 0 Å². The predicted octanol–water partition coefficient (Wildman–Crippen LogP) is 5.11. The van der Waals surface area contributed by atoms with Crippen molar-refractivity contribution in [3.8, 4) is 5.69 Å². The van der Waals surface area contributed by atoms with Crippen molar-refractivity contribution >= 4 is 17.6 Å². The molecule has 3 aromatic rings. The molecule has 1 heterocycles. The lowest BCUT2D eigenvalue weighted by molar-refractivity contribution is 0.0939. The Labute approximate surface area is 194 Å². The van der Waals surface area contributed by atoms with E-state index < -0.39 is 0 Å². The smallest absolute Gasteiger partial charge is 0.321 e. The van der Waals surface area contributed by atoms with Gasteiger partial charge in [0.2, 0.25) is 0 Å². The van der Waals surface area contributed by atoms with Crippen molar-refractivity contribution in [3.05, 3.63) is 77.6 Å². The summed E-state index contributed by atoms with van der Waals surface area (Å²) in [6.45, 7) is 7.18. The number of carbonyl (C=O) groups is 2. The van der Waals surface area contributed by atoms with Gasteiger partial charge in [0.05, 0.1) is 29.2 Å². The first-order chi connectivity index (χ1) is 16.0. The molecule has 7 heteroatoms. The number of anilines is 1. The molecule has 33 heavy (non-hydrogen) atoms. The number of hydrogen-bond acceptors (Lipinski definition) is 3. The van der Waals surface area contributed by atoms with Crippen molar-refractivity contribution in [3.63, 3.8) is 0 Å². The van der Waals surface area contributed by atoms with Crippen molar-refractivity contribution in [1.82, 2.24) is 20.0 Å². The summed E-state index contributed by atoms with van der Waals surface area (Å²) in [7, 11) is 0. The van der Waals surface area contributed by atoms with Crippen LogP contribution in [0, 0.1) is 0 Å². The van der Waals surface area contributed by atoms with E-state index in [4.69, 9.17) is 0 Å². The van der Waals surface area contributed by atoms with E-state index in [-0.39, 0.29) is 18.0 Å². The first-order valence-electron chi connectivity index (χ1n) is 11.6. The number of nitrogens with zero attached hydrogens (tertiary/aromatic N) is 3. The van der Waals surface area contributed by atoms with Gasteiger partial charge in [0.25, 0.3) is 5.91 Å². The SMILES string of the molecule is CCN(CC)C(=O)Nc1ccc(C(C)NC(=O)c2cnn(-c3ccccc3)c2C2CC2)cc1. The Balaban J connectivity index is 1.45. The Morgan fingerprint density at radius 1 is 1.06 bits per heavy atom. The minimum atomic E-state index is -0.183. The van der Waals surface area contributed by atoms with E-state index in [9.17, 15) is 9.59 Å². The molecule has 0 spiro atoms. The quantitative estimate of drug-likeness (QED) is 0.505. The summed E-state index contributed by atoms with van der Waals surface area (Å²) >= 11 is 0. The van der Waals surface area contributed by atoms with Gasteiger partial charge in [-0.25, -0.2) is 9.48 Å². The molecule has 2 aromatic carbocycles. The van der Waals surface area contributed by atoms with Crippen LogP contribution in [0.3, 0.4) is 0 Å². The van der Waals surface area contributed by atoms with Gasteiger partial charge in [0.15, 0.2) is 0 Å². The average molecular weight is 446 g/mol. The van der Waals surface area contributed by atoms with Crippen LogP contribution in [0.4, 0.5) is 10.5 Å². The van der Waals surface area contributed by atoms with E-state index in [2.05, 4.69) is 15.7 Å². The molecule has 1 saturated carbocycles. The molecule has 4 rings (SSSR count). The summed E-state index contributed by atoms with van der Waals surface area (Å²) < 4.78 is 1.89. The summed E-state index contributed by atoms with van der Waals surface area (Å²) in [4.78, 5) is 27.1. The molecular weight excluding hydrogens is 414 g/mol. The lowest BCUT2D eigenvalue weighted by Gasteiger charge is -2.20. The standard InChI is InChI=1S/C26H31N5O2/c1-4-30(5-2)26(33)29-21-15-13-19(14-16-21)18(3)28-25(32)23-17-27-31(24(23)20-11-12-20)22-9-7-6-8-10-22/h6-10,13-18,20H,4-5,11-12H2,1-3H3,(H,28,32)(H,29,33). The average Bonchev–Trinajstić information content (AvgIpc) is 3.58. The number of aromatic nitrogens is 2. The zero-order valence-corrected chi connectivity index (χ0v) is 19.4. The first kappa shape index (κ1) is 22.6. The van der Waals surface area contributed by atoms with Gasteiger partial charge in [-0.1, -0.05) is 30.3 Å². The molecule has 1 fully saturated rings. The summed E-state index contributed by atoms with van der Waals surface area (Å²) in [5, 5.41) is 10.5. The summed E-state index contributed by atoms with van der Waals surface area (Å²) in [5.41, 5.74) is 4.28. The zero-order chi connectivity index (χ0) is 23.4. The van der Waals surface area contributed by atoms with Crippen LogP contribution in [0.5, 0.6) is 0 Å². The highest BCUT2D eigenvalue weighted by molar-refractivity contribution is 5.96. The van der Waals surface area contributed by atoms with Gasteiger partial charge in [-0.2, -0.15) is 5.10 Å². The molecule has 7 nitrogen and oxygen atoms in total. The summed E-state index contributed by atoms with van der Waals surface area (Å²) in [6, 6.07) is 17.2. The van der Waals surface area contributed by atoms with E-state index in [1.807, 2.05) is 80.1 Å². The lowest BCUT2D eigenvalue weighted by atomic mass is 10.1. The molecule has 0 bridgehead atoms. The van der Waals surface area contributed by atoms with Crippen LogP contribution in [-0.2, 0) is 0 Å². The topological polar surface area (TPSA) is 79.3 Å². The summed E-state index contributed by atoms with van der Waals surface area (Å²) in [5.74, 6) is 0.253. The van der Waals surface area contributed by atoms with Crippen LogP contribution in [0.15, 0.2) is 60.8 Å². The molecule has 1 unspecified atom stereocenters. The minimum Gasteiger partial charge on any atom is -0.345 e. The molecule has 1 aliphatic carbocycles. The maximum atomic E-state index is 13.2. The maximum absolute atomic E-state index is 13.2. The van der Waals surface area contributed by atoms with Gasteiger partial charge < -0.3 is 15.5 Å². The van der Waals surface area contributed by atoms with E-state index in [0.29, 0.717) is 24.6 Å². The minimum absolute atomic E-state index is 0.114. The third-order valence-electron chi connectivity index (χ3n) is 6.08. The number of carbonyl (C=O) groups excluding carboxylic acids is 2. The number of nitrogens with one attached hydrogen (secondary N) is 2. The Kier molecular flexibility index (Phi) is 6.77. The highest BCUT2D eigenvalue weighted by atomic mass is 16.2. The second kappa shape index (κ2) is 9.90. The fourth-order valence-electron chi connectivity index (χ4n) is 3.98. The Morgan fingerprint density at radius 2 is 1.73 bits per heavy atom. The van der Waals surface area contributed by atoms with Crippen LogP contribution in [-0.4, -0.2) is 39.7 Å². The molecule has 1 atom stereocenters. The normalized spacial score (nSPS) is 13.9. The highest BCUT2D eigenvalue weighted by Crippen LogP contribution is 2.42. The van der Waals surface area contributed by atoms with Gasteiger partial charge in [-0.05, 0) is 63.4 Å². The molecule has 1 aliphatic rings. The van der Waals surface area contributed by atoms with Gasteiger partial charge in [-0.15, -0.1) is 0 Å². The molecule has 2 N–H and O–H groups in total. The van der Waals surface area contributed by atoms with Crippen molar-refractivity contribution < 1.29 is 9.59 Å². The van der Waals surface area contributed by atoms with Gasteiger partial charge in [0.1, 0.15) is 0 Å². The first-order valence-corrected chi connectivity index (χ1v) is 11.6. The van der Waals surface area contributed by atoms with E-state index >= 15 is 0 Å². The van der Waals surface area contributed by atoms with Crippen molar-refractivity contribution in [2.75, 3.05) is 18.4 Å². The summed E-state index contributed by atoms with van der Waals surface area (Å²) in [6.07, 6.45) is 3.83. The van der Waals surface area contributed by atoms with Crippen molar-refractivity contribution in [2.45, 2.75) is 45.6 Å². The second-order valence-corrected chi connectivity index (χ2v) is 8.38. The van der Waals surface area contributed by atoms with Crippen molar-refractivity contribution in [1.29, 1.82) is 0 Å². The molecule has 3 amide bonds. The number of para-hydroxylation sites is 1.